The summed E-state index contributed by atoms with van der Waals surface area (Å²) in [5, 5.41) is 0. The van der Waals surface area contributed by atoms with Gasteiger partial charge in [0.15, 0.2) is 0 Å². The van der Waals surface area contributed by atoms with Crippen molar-refractivity contribution in [3.05, 3.63) is 35.4 Å². The summed E-state index contributed by atoms with van der Waals surface area (Å²) in [6.07, 6.45) is 1.22. The summed E-state index contributed by atoms with van der Waals surface area (Å²) in [6.45, 7) is 8.24. The Hall–Kier alpha value is -2.19. The summed E-state index contributed by atoms with van der Waals surface area (Å²) in [5.74, 6) is 1.27. The lowest BCUT2D eigenvalue weighted by Crippen LogP contribution is -2.47. The maximum absolute atomic E-state index is 11.8. The minimum Gasteiger partial charge on any atom is -0.338 e. The molecule has 3 rings (SSSR count). The van der Waals surface area contributed by atoms with Crippen LogP contribution in [-0.2, 0) is 33.1 Å². The van der Waals surface area contributed by atoms with Gasteiger partial charge in [0, 0.05) is 39.0 Å². The monoisotopic (exact) mass is 485 g/mol. The average molecular weight is 486 g/mol. The fourth-order valence-electron chi connectivity index (χ4n) is 3.55. The molecule has 0 spiro atoms. The molecule has 0 radical (unpaired) electrons. The second-order valence-electron chi connectivity index (χ2n) is 7.54. The van der Waals surface area contributed by atoms with Crippen molar-refractivity contribution in [3.63, 3.8) is 0 Å². The van der Waals surface area contributed by atoms with E-state index in [1.165, 1.54) is 0 Å². The number of benzene rings is 1. The lowest BCUT2D eigenvalue weighted by molar-refractivity contribution is 0.269. The number of hydrogen-bond donors (Lipinski definition) is 2. The van der Waals surface area contributed by atoms with Gasteiger partial charge in [-0.1, -0.05) is 13.8 Å². The van der Waals surface area contributed by atoms with Gasteiger partial charge in [-0.2, -0.15) is 26.8 Å². The Balaban J connectivity index is 2.02. The first-order valence-corrected chi connectivity index (χ1v) is 13.2. The van der Waals surface area contributed by atoms with Gasteiger partial charge >= 0.3 is 0 Å². The van der Waals surface area contributed by atoms with E-state index < -0.39 is 30.0 Å². The highest BCUT2D eigenvalue weighted by Gasteiger charge is 2.23. The van der Waals surface area contributed by atoms with Crippen LogP contribution in [0.15, 0.2) is 28.0 Å². The van der Waals surface area contributed by atoms with Crippen LogP contribution in [0.25, 0.3) is 0 Å². The fourth-order valence-corrected chi connectivity index (χ4v) is 4.78. The highest BCUT2D eigenvalue weighted by Crippen LogP contribution is 2.23. The zero-order chi connectivity index (χ0) is 23.5. The number of aryl methyl sites for hydroxylation is 1. The van der Waals surface area contributed by atoms with Gasteiger partial charge in [0.2, 0.25) is 5.95 Å². The molecule has 0 bridgehead atoms. The van der Waals surface area contributed by atoms with E-state index in [-0.39, 0.29) is 17.8 Å². The molecule has 2 N–H and O–H groups in total. The molecular formula is C19H27N5O6S2. The Labute approximate surface area is 188 Å². The third-order valence-electron chi connectivity index (χ3n) is 5.25. The van der Waals surface area contributed by atoms with Crippen molar-refractivity contribution in [2.45, 2.75) is 42.9 Å². The minimum absolute atomic E-state index is 0.0435. The van der Waals surface area contributed by atoms with E-state index in [2.05, 4.69) is 26.8 Å². The summed E-state index contributed by atoms with van der Waals surface area (Å²) >= 11 is 0. The highest BCUT2D eigenvalue weighted by molar-refractivity contribution is 7.86. The first-order chi connectivity index (χ1) is 15.0. The minimum atomic E-state index is -4.64. The quantitative estimate of drug-likeness (QED) is 0.516. The number of rotatable bonds is 8. The van der Waals surface area contributed by atoms with E-state index in [4.69, 9.17) is 0 Å². The number of hydrogen-bond acceptors (Lipinski definition) is 9. The maximum atomic E-state index is 11.8. The van der Waals surface area contributed by atoms with Gasteiger partial charge < -0.3 is 9.80 Å². The van der Waals surface area contributed by atoms with Crippen molar-refractivity contribution >= 4 is 26.2 Å². The van der Waals surface area contributed by atoms with Gasteiger partial charge in [0.05, 0.1) is 9.79 Å². The molecule has 0 atom stereocenters. The van der Waals surface area contributed by atoms with Gasteiger partial charge in [-0.05, 0) is 36.7 Å². The van der Waals surface area contributed by atoms with Gasteiger partial charge in [-0.3, -0.25) is 9.11 Å². The zero-order valence-electron chi connectivity index (χ0n) is 18.0. The molecule has 1 fully saturated rings. The molecule has 0 aliphatic carbocycles. The molecule has 0 amide bonds. The molecule has 0 saturated carbocycles. The largest absolute Gasteiger partial charge is 0.338 e. The van der Waals surface area contributed by atoms with E-state index in [1.807, 2.05) is 11.8 Å². The third-order valence-corrected chi connectivity index (χ3v) is 7.05. The summed E-state index contributed by atoms with van der Waals surface area (Å²) < 4.78 is 65.7. The second kappa shape index (κ2) is 9.75. The Morgan fingerprint density at radius 3 is 2.12 bits per heavy atom. The van der Waals surface area contributed by atoms with Crippen LogP contribution >= 0.6 is 0 Å². The molecule has 1 aromatic carbocycles. The summed E-state index contributed by atoms with van der Waals surface area (Å²) in [5.41, 5.74) is -0.0435. The van der Waals surface area contributed by atoms with E-state index in [1.54, 1.807) is 0 Å². The Bertz CT molecular complexity index is 1180. The molecule has 13 heteroatoms. The predicted molar refractivity (Wildman–Crippen MR) is 117 cm³/mol. The predicted octanol–water partition coefficient (Wildman–Crippen LogP) is 1.05. The van der Waals surface area contributed by atoms with Crippen molar-refractivity contribution in [2.75, 3.05) is 37.6 Å². The number of aromatic nitrogens is 3. The van der Waals surface area contributed by atoms with Crippen molar-refractivity contribution in [3.8, 4) is 0 Å². The Morgan fingerprint density at radius 2 is 1.56 bits per heavy atom. The van der Waals surface area contributed by atoms with Crippen LogP contribution < -0.4 is 4.90 Å². The molecule has 11 nitrogen and oxygen atoms in total. The summed E-state index contributed by atoms with van der Waals surface area (Å²) in [4.78, 5) is 16.8. The standard InChI is InChI=1S/C19H27N5O6S2/c1-3-5-17-20-18(22-19(21-17)24-10-8-23(4-2)9-11-24)13-14-12-15(31(25,26)27)6-7-16(14)32(28,29)30/h6-7,12H,3-5,8-11,13H2,1-2H3,(H,25,26,27)(H,28,29,30). The van der Waals surface area contributed by atoms with E-state index in [9.17, 15) is 25.9 Å². The fraction of sp³-hybridized carbons (Fsp3) is 0.526. The summed E-state index contributed by atoms with van der Waals surface area (Å²) in [6, 6.07) is 2.85. The molecule has 32 heavy (non-hydrogen) atoms. The Kier molecular flexibility index (Phi) is 7.45. The molecule has 0 unspecified atom stereocenters. The van der Waals surface area contributed by atoms with Crippen LogP contribution in [0.5, 0.6) is 0 Å². The van der Waals surface area contributed by atoms with Crippen LogP contribution in [0, 0.1) is 0 Å². The Morgan fingerprint density at radius 1 is 0.906 bits per heavy atom. The topological polar surface area (TPSA) is 154 Å². The van der Waals surface area contributed by atoms with E-state index >= 15 is 0 Å². The van der Waals surface area contributed by atoms with Gasteiger partial charge in [0.25, 0.3) is 20.2 Å². The molecule has 2 aromatic rings. The van der Waals surface area contributed by atoms with Crippen molar-refractivity contribution in [1.29, 1.82) is 0 Å². The van der Waals surface area contributed by atoms with Crippen LogP contribution in [0.4, 0.5) is 5.95 Å². The molecule has 1 aliphatic heterocycles. The molecular weight excluding hydrogens is 458 g/mol. The van der Waals surface area contributed by atoms with Crippen LogP contribution in [0.1, 0.15) is 37.5 Å². The first-order valence-electron chi connectivity index (χ1n) is 10.3. The third kappa shape index (κ3) is 5.98. The molecule has 1 aliphatic rings. The number of piperazine rings is 1. The first kappa shape index (κ1) is 24.5. The van der Waals surface area contributed by atoms with E-state index in [0.717, 1.165) is 57.3 Å². The van der Waals surface area contributed by atoms with Crippen LogP contribution in [0.2, 0.25) is 0 Å². The van der Waals surface area contributed by atoms with Gasteiger partial charge in [-0.15, -0.1) is 0 Å². The molecule has 2 heterocycles. The van der Waals surface area contributed by atoms with Crippen molar-refractivity contribution in [2.24, 2.45) is 0 Å². The van der Waals surface area contributed by atoms with Crippen molar-refractivity contribution in [1.82, 2.24) is 19.9 Å². The molecule has 176 valence electrons. The normalized spacial score (nSPS) is 15.8. The lowest BCUT2D eigenvalue weighted by atomic mass is 10.1. The highest BCUT2D eigenvalue weighted by atomic mass is 32.2. The molecule has 1 saturated heterocycles. The zero-order valence-corrected chi connectivity index (χ0v) is 19.6. The number of nitrogens with zero attached hydrogens (tertiary/aromatic N) is 5. The SMILES string of the molecule is CCCc1nc(Cc2cc(S(=O)(=O)O)ccc2S(=O)(=O)O)nc(N2CCN(CC)CC2)n1. The summed E-state index contributed by atoms with van der Waals surface area (Å²) in [7, 11) is -9.21. The van der Waals surface area contributed by atoms with Gasteiger partial charge in [-0.25, -0.2) is 4.98 Å². The number of likely N-dealkylation sites (N-methyl/N-ethyl adjacent to an activating group) is 1. The lowest BCUT2D eigenvalue weighted by Gasteiger charge is -2.34. The van der Waals surface area contributed by atoms with Gasteiger partial charge in [0.1, 0.15) is 11.6 Å². The maximum Gasteiger partial charge on any atom is 0.294 e. The van der Waals surface area contributed by atoms with Crippen LogP contribution in [-0.4, -0.2) is 78.5 Å². The number of anilines is 1. The smallest absolute Gasteiger partial charge is 0.294 e. The van der Waals surface area contributed by atoms with Crippen molar-refractivity contribution < 1.29 is 25.9 Å². The van der Waals surface area contributed by atoms with E-state index in [0.29, 0.717) is 18.2 Å². The second-order valence-corrected chi connectivity index (χ2v) is 10.3. The molecule has 1 aromatic heterocycles. The van der Waals surface area contributed by atoms with Crippen LogP contribution in [0.3, 0.4) is 0 Å². The average Bonchev–Trinajstić information content (AvgIpc) is 2.72.